The number of rotatable bonds is 5. The van der Waals surface area contributed by atoms with Crippen molar-refractivity contribution in [3.63, 3.8) is 0 Å². The first kappa shape index (κ1) is 13.9. The summed E-state index contributed by atoms with van der Waals surface area (Å²) in [6.07, 6.45) is 0.253. The summed E-state index contributed by atoms with van der Waals surface area (Å²) in [4.78, 5) is 11.9. The molecule has 2 aromatic rings. The van der Waals surface area contributed by atoms with Crippen molar-refractivity contribution in [3.05, 3.63) is 59.7 Å². The fourth-order valence-corrected chi connectivity index (χ4v) is 1.88. The molecule has 0 aromatic heterocycles. The highest BCUT2D eigenvalue weighted by Crippen LogP contribution is 2.26. The number of hydrogen-bond acceptors (Lipinski definition) is 3. The van der Waals surface area contributed by atoms with Gasteiger partial charge in [-0.05, 0) is 23.3 Å². The van der Waals surface area contributed by atoms with Crippen LogP contribution in [-0.2, 0) is 17.8 Å². The zero-order chi connectivity index (χ0) is 14.4. The first-order chi connectivity index (χ1) is 9.69. The number of methoxy groups -OCH3 is 1. The van der Waals surface area contributed by atoms with Gasteiger partial charge in [0.1, 0.15) is 0 Å². The molecule has 1 amide bonds. The molecule has 0 unspecified atom stereocenters. The molecule has 0 radical (unpaired) electrons. The molecule has 0 aliphatic heterocycles. The van der Waals surface area contributed by atoms with Crippen LogP contribution in [0.4, 0.5) is 0 Å². The van der Waals surface area contributed by atoms with Crippen LogP contribution in [0.3, 0.4) is 0 Å². The third kappa shape index (κ3) is 3.75. The minimum atomic E-state index is -0.0680. The van der Waals surface area contributed by atoms with E-state index in [9.17, 15) is 9.90 Å². The second-order valence-electron chi connectivity index (χ2n) is 4.45. The summed E-state index contributed by atoms with van der Waals surface area (Å²) in [5, 5.41) is 12.4. The Morgan fingerprint density at radius 1 is 1.15 bits per heavy atom. The van der Waals surface area contributed by atoms with Gasteiger partial charge in [-0.1, -0.05) is 36.4 Å². The summed E-state index contributed by atoms with van der Waals surface area (Å²) in [5.74, 6) is 0.376. The number of ether oxygens (including phenoxy) is 1. The smallest absolute Gasteiger partial charge is 0.224 e. The molecule has 4 heteroatoms. The maximum atomic E-state index is 11.9. The molecule has 0 fully saturated rings. The zero-order valence-electron chi connectivity index (χ0n) is 11.3. The molecule has 0 bridgehead atoms. The Morgan fingerprint density at radius 3 is 2.60 bits per heavy atom. The largest absolute Gasteiger partial charge is 0.504 e. The Bertz CT molecular complexity index is 582. The summed E-state index contributed by atoms with van der Waals surface area (Å²) in [6, 6.07) is 14.6. The van der Waals surface area contributed by atoms with E-state index in [1.807, 2.05) is 30.3 Å². The van der Waals surface area contributed by atoms with E-state index in [4.69, 9.17) is 4.74 Å². The van der Waals surface area contributed by atoms with Gasteiger partial charge in [0.15, 0.2) is 11.5 Å². The van der Waals surface area contributed by atoms with Gasteiger partial charge in [0, 0.05) is 6.54 Å². The highest BCUT2D eigenvalue weighted by Gasteiger charge is 2.07. The van der Waals surface area contributed by atoms with Gasteiger partial charge in [-0.15, -0.1) is 0 Å². The van der Waals surface area contributed by atoms with E-state index in [1.165, 1.54) is 13.2 Å². The maximum Gasteiger partial charge on any atom is 0.224 e. The Labute approximate surface area is 118 Å². The standard InChI is InChI=1S/C16H17NO3/c1-20-15-9-13(7-8-14(15)18)10-16(19)17-11-12-5-3-2-4-6-12/h2-9,18H,10-11H2,1H3,(H,17,19). The first-order valence-electron chi connectivity index (χ1n) is 6.35. The Hall–Kier alpha value is -2.49. The van der Waals surface area contributed by atoms with Gasteiger partial charge in [0.2, 0.25) is 5.91 Å². The van der Waals surface area contributed by atoms with Crippen LogP contribution in [0.2, 0.25) is 0 Å². The molecule has 0 aliphatic rings. The fraction of sp³-hybridized carbons (Fsp3) is 0.188. The van der Waals surface area contributed by atoms with Crippen molar-refractivity contribution in [2.24, 2.45) is 0 Å². The van der Waals surface area contributed by atoms with E-state index >= 15 is 0 Å². The van der Waals surface area contributed by atoms with Crippen molar-refractivity contribution in [2.75, 3.05) is 7.11 Å². The van der Waals surface area contributed by atoms with Crippen LogP contribution in [-0.4, -0.2) is 18.1 Å². The number of phenolic OH excluding ortho intramolecular Hbond substituents is 1. The fourth-order valence-electron chi connectivity index (χ4n) is 1.88. The molecule has 2 aromatic carbocycles. The van der Waals surface area contributed by atoms with Crippen LogP contribution in [0, 0.1) is 0 Å². The van der Waals surface area contributed by atoms with Crippen LogP contribution in [0.5, 0.6) is 11.5 Å². The predicted molar refractivity (Wildman–Crippen MR) is 76.7 cm³/mol. The SMILES string of the molecule is COc1cc(CC(=O)NCc2ccccc2)ccc1O. The minimum absolute atomic E-state index is 0.0680. The van der Waals surface area contributed by atoms with Gasteiger partial charge in [-0.3, -0.25) is 4.79 Å². The van der Waals surface area contributed by atoms with Crippen LogP contribution < -0.4 is 10.1 Å². The van der Waals surface area contributed by atoms with Gasteiger partial charge in [0.05, 0.1) is 13.5 Å². The number of nitrogens with one attached hydrogen (secondary N) is 1. The summed E-state index contributed by atoms with van der Waals surface area (Å²) >= 11 is 0. The molecule has 20 heavy (non-hydrogen) atoms. The average Bonchev–Trinajstić information content (AvgIpc) is 2.48. The minimum Gasteiger partial charge on any atom is -0.504 e. The normalized spacial score (nSPS) is 10.1. The van der Waals surface area contributed by atoms with Gasteiger partial charge in [-0.25, -0.2) is 0 Å². The zero-order valence-corrected chi connectivity index (χ0v) is 11.3. The molecular weight excluding hydrogens is 254 g/mol. The molecule has 0 heterocycles. The van der Waals surface area contributed by atoms with Crippen LogP contribution in [0.1, 0.15) is 11.1 Å². The quantitative estimate of drug-likeness (QED) is 0.877. The third-order valence-corrected chi connectivity index (χ3v) is 2.94. The second kappa shape index (κ2) is 6.61. The van der Waals surface area contributed by atoms with Crippen molar-refractivity contribution in [1.82, 2.24) is 5.32 Å². The number of carbonyl (C=O) groups excluding carboxylic acids is 1. The number of amides is 1. The number of carbonyl (C=O) groups is 1. The molecule has 0 atom stereocenters. The lowest BCUT2D eigenvalue weighted by Crippen LogP contribution is -2.24. The topological polar surface area (TPSA) is 58.6 Å². The Balaban J connectivity index is 1.91. The van der Waals surface area contributed by atoms with E-state index in [2.05, 4.69) is 5.32 Å². The Kier molecular flexibility index (Phi) is 4.60. The van der Waals surface area contributed by atoms with Gasteiger partial charge < -0.3 is 15.2 Å². The van der Waals surface area contributed by atoms with Crippen molar-refractivity contribution in [3.8, 4) is 11.5 Å². The number of aromatic hydroxyl groups is 1. The Morgan fingerprint density at radius 2 is 1.90 bits per heavy atom. The van der Waals surface area contributed by atoms with Crippen molar-refractivity contribution in [1.29, 1.82) is 0 Å². The lowest BCUT2D eigenvalue weighted by molar-refractivity contribution is -0.120. The molecule has 0 saturated carbocycles. The molecule has 0 saturated heterocycles. The third-order valence-electron chi connectivity index (χ3n) is 2.94. The van der Waals surface area contributed by atoms with Crippen molar-refractivity contribution in [2.45, 2.75) is 13.0 Å². The van der Waals surface area contributed by atoms with Gasteiger partial charge in [-0.2, -0.15) is 0 Å². The molecule has 2 rings (SSSR count). The number of benzene rings is 2. The lowest BCUT2D eigenvalue weighted by Gasteiger charge is -2.08. The summed E-state index contributed by atoms with van der Waals surface area (Å²) in [5.41, 5.74) is 1.86. The summed E-state index contributed by atoms with van der Waals surface area (Å²) in [6.45, 7) is 0.509. The van der Waals surface area contributed by atoms with E-state index < -0.39 is 0 Å². The average molecular weight is 271 g/mol. The van der Waals surface area contributed by atoms with Crippen LogP contribution >= 0.6 is 0 Å². The molecular formula is C16H17NO3. The van der Waals surface area contributed by atoms with Crippen LogP contribution in [0.25, 0.3) is 0 Å². The molecule has 2 N–H and O–H groups in total. The number of hydrogen-bond donors (Lipinski definition) is 2. The van der Waals surface area contributed by atoms with Gasteiger partial charge in [0.25, 0.3) is 0 Å². The van der Waals surface area contributed by atoms with E-state index in [-0.39, 0.29) is 18.1 Å². The molecule has 0 spiro atoms. The van der Waals surface area contributed by atoms with Crippen molar-refractivity contribution >= 4 is 5.91 Å². The maximum absolute atomic E-state index is 11.9. The number of phenols is 1. The highest BCUT2D eigenvalue weighted by molar-refractivity contribution is 5.78. The summed E-state index contributed by atoms with van der Waals surface area (Å²) < 4.78 is 5.01. The predicted octanol–water partition coefficient (Wildman–Crippen LogP) is 2.26. The second-order valence-corrected chi connectivity index (χ2v) is 4.45. The van der Waals surface area contributed by atoms with E-state index in [0.29, 0.717) is 12.3 Å². The lowest BCUT2D eigenvalue weighted by atomic mass is 10.1. The summed E-state index contributed by atoms with van der Waals surface area (Å²) in [7, 11) is 1.48. The highest BCUT2D eigenvalue weighted by atomic mass is 16.5. The molecule has 4 nitrogen and oxygen atoms in total. The van der Waals surface area contributed by atoms with E-state index in [1.54, 1.807) is 12.1 Å². The monoisotopic (exact) mass is 271 g/mol. The van der Waals surface area contributed by atoms with Gasteiger partial charge >= 0.3 is 0 Å². The van der Waals surface area contributed by atoms with E-state index in [0.717, 1.165) is 11.1 Å². The van der Waals surface area contributed by atoms with Crippen LogP contribution in [0.15, 0.2) is 48.5 Å². The first-order valence-corrected chi connectivity index (χ1v) is 6.35. The van der Waals surface area contributed by atoms with Crippen molar-refractivity contribution < 1.29 is 14.6 Å². The molecule has 104 valence electrons. The molecule has 0 aliphatic carbocycles.